The summed E-state index contributed by atoms with van der Waals surface area (Å²) < 4.78 is 14.1. The van der Waals surface area contributed by atoms with Crippen LogP contribution in [0.25, 0.3) is 16.9 Å². The van der Waals surface area contributed by atoms with Crippen molar-refractivity contribution in [2.24, 2.45) is 0 Å². The van der Waals surface area contributed by atoms with E-state index in [9.17, 15) is 5.11 Å². The van der Waals surface area contributed by atoms with Crippen molar-refractivity contribution in [1.82, 2.24) is 29.5 Å². The second kappa shape index (κ2) is 8.57. The first-order valence-corrected chi connectivity index (χ1v) is 10.5. The molecule has 0 saturated carbocycles. The molecule has 2 N–H and O–H groups in total. The Morgan fingerprint density at radius 2 is 2.18 bits per heavy atom. The van der Waals surface area contributed by atoms with Crippen LogP contribution in [0.1, 0.15) is 23.2 Å². The Labute approximate surface area is 193 Å². The molecule has 0 fully saturated rings. The van der Waals surface area contributed by atoms with Gasteiger partial charge in [0.1, 0.15) is 18.0 Å². The fourth-order valence-corrected chi connectivity index (χ4v) is 3.76. The highest BCUT2D eigenvalue weighted by molar-refractivity contribution is 6.31. The average Bonchev–Trinajstić information content (AvgIpc) is 3.52. The summed E-state index contributed by atoms with van der Waals surface area (Å²) in [7, 11) is 1.58. The van der Waals surface area contributed by atoms with Gasteiger partial charge in [0.25, 0.3) is 0 Å². The number of rotatable bonds is 7. The minimum atomic E-state index is -1.09. The zero-order chi connectivity index (χ0) is 22.9. The first kappa shape index (κ1) is 21.0. The van der Waals surface area contributed by atoms with Crippen molar-refractivity contribution in [3.05, 3.63) is 77.2 Å². The number of hydrogen-bond donors (Lipinski definition) is 2. The molecule has 0 saturated heterocycles. The molecule has 0 aliphatic rings. The summed E-state index contributed by atoms with van der Waals surface area (Å²) in [6.07, 6.45) is 5.66. The van der Waals surface area contributed by atoms with Gasteiger partial charge in [0, 0.05) is 35.2 Å². The lowest BCUT2D eigenvalue weighted by Gasteiger charge is -2.14. The van der Waals surface area contributed by atoms with E-state index in [0.29, 0.717) is 51.2 Å². The van der Waals surface area contributed by atoms with Crippen LogP contribution in [0.3, 0.4) is 0 Å². The van der Waals surface area contributed by atoms with Crippen LogP contribution in [-0.2, 0) is 6.54 Å². The zero-order valence-corrected chi connectivity index (χ0v) is 18.6. The normalized spacial score (nSPS) is 12.2. The molecule has 5 aromatic rings. The molecule has 4 aromatic heterocycles. The number of nitrogens with zero attached hydrogens (tertiary/aromatic N) is 6. The van der Waals surface area contributed by atoms with Gasteiger partial charge >= 0.3 is 0 Å². The van der Waals surface area contributed by atoms with Gasteiger partial charge < -0.3 is 19.7 Å². The van der Waals surface area contributed by atoms with E-state index < -0.39 is 6.23 Å². The maximum absolute atomic E-state index is 11.0. The number of aromatic nitrogens is 6. The molecule has 0 spiro atoms. The SMILES string of the molecule is COc1ccc(Cl)cc1-c1nn(Cc2cc(C)no2)cc1NC(O)c1cnn2cccnc12. The number of ether oxygens (including phenoxy) is 1. The summed E-state index contributed by atoms with van der Waals surface area (Å²) in [6.45, 7) is 2.21. The Balaban J connectivity index is 1.55. The first-order valence-electron chi connectivity index (χ1n) is 10.1. The van der Waals surface area contributed by atoms with E-state index in [2.05, 4.69) is 20.6 Å². The summed E-state index contributed by atoms with van der Waals surface area (Å²) >= 11 is 6.27. The largest absolute Gasteiger partial charge is 0.496 e. The van der Waals surface area contributed by atoms with Gasteiger partial charge in [0.2, 0.25) is 0 Å². The van der Waals surface area contributed by atoms with Gasteiger partial charge in [0.05, 0.1) is 30.3 Å². The molecule has 1 aromatic carbocycles. The summed E-state index contributed by atoms with van der Waals surface area (Å²) in [5, 5.41) is 27.5. The van der Waals surface area contributed by atoms with E-state index >= 15 is 0 Å². The van der Waals surface area contributed by atoms with Crippen LogP contribution in [0.4, 0.5) is 5.69 Å². The van der Waals surface area contributed by atoms with Crippen molar-refractivity contribution < 1.29 is 14.4 Å². The van der Waals surface area contributed by atoms with Crippen LogP contribution in [0.5, 0.6) is 5.75 Å². The van der Waals surface area contributed by atoms with Gasteiger partial charge in [-0.15, -0.1) is 0 Å². The maximum atomic E-state index is 11.0. The molecule has 4 heterocycles. The molecular weight excluding hydrogens is 446 g/mol. The molecule has 11 heteroatoms. The van der Waals surface area contributed by atoms with Gasteiger partial charge in [-0.2, -0.15) is 10.2 Å². The van der Waals surface area contributed by atoms with Crippen molar-refractivity contribution in [1.29, 1.82) is 0 Å². The predicted octanol–water partition coefficient (Wildman–Crippen LogP) is 3.70. The van der Waals surface area contributed by atoms with Crippen LogP contribution in [0, 0.1) is 6.92 Å². The third-order valence-corrected chi connectivity index (χ3v) is 5.30. The van der Waals surface area contributed by atoms with Crippen molar-refractivity contribution in [2.75, 3.05) is 12.4 Å². The summed E-state index contributed by atoms with van der Waals surface area (Å²) in [5.41, 5.74) is 3.64. The molecule has 1 atom stereocenters. The van der Waals surface area contributed by atoms with Crippen LogP contribution >= 0.6 is 11.6 Å². The van der Waals surface area contributed by atoms with Crippen LogP contribution < -0.4 is 10.1 Å². The highest BCUT2D eigenvalue weighted by atomic mass is 35.5. The number of methoxy groups -OCH3 is 1. The van der Waals surface area contributed by atoms with E-state index in [1.165, 1.54) is 0 Å². The van der Waals surface area contributed by atoms with Gasteiger partial charge in [-0.3, -0.25) is 4.68 Å². The molecule has 33 heavy (non-hydrogen) atoms. The summed E-state index contributed by atoms with van der Waals surface area (Å²) in [6, 6.07) is 8.88. The fraction of sp³-hybridized carbons (Fsp3) is 0.182. The van der Waals surface area contributed by atoms with E-state index in [-0.39, 0.29) is 0 Å². The number of nitrogens with one attached hydrogen (secondary N) is 1. The van der Waals surface area contributed by atoms with Gasteiger partial charge in [-0.1, -0.05) is 16.8 Å². The topological polar surface area (TPSA) is 116 Å². The maximum Gasteiger partial charge on any atom is 0.162 e. The van der Waals surface area contributed by atoms with E-state index in [0.717, 1.165) is 5.69 Å². The second-order valence-electron chi connectivity index (χ2n) is 7.40. The minimum Gasteiger partial charge on any atom is -0.496 e. The molecule has 5 rings (SSSR count). The third-order valence-electron chi connectivity index (χ3n) is 5.07. The van der Waals surface area contributed by atoms with Gasteiger partial charge in [0.15, 0.2) is 17.6 Å². The quantitative estimate of drug-likeness (QED) is 0.349. The standard InChI is InChI=1S/C22H20ClN7O3/c1-13-8-15(33-28-13)11-29-12-18(20(27-29)16-9-14(23)4-5-19(16)32-2)26-22(31)17-10-25-30-7-3-6-24-21(17)30/h3-10,12,22,26,31H,11H2,1-2H3. The van der Waals surface area contributed by atoms with E-state index in [4.69, 9.17) is 26.0 Å². The number of halogens is 1. The molecule has 0 bridgehead atoms. The number of benzene rings is 1. The molecule has 0 aliphatic heterocycles. The van der Waals surface area contributed by atoms with Crippen LogP contribution in [0.15, 0.2) is 59.6 Å². The number of aryl methyl sites for hydroxylation is 1. The molecular formula is C22H20ClN7O3. The number of fused-ring (bicyclic) bond motifs is 1. The highest BCUT2D eigenvalue weighted by Crippen LogP contribution is 2.37. The molecule has 168 valence electrons. The lowest BCUT2D eigenvalue weighted by Crippen LogP contribution is -2.10. The Bertz CT molecular complexity index is 1420. The second-order valence-corrected chi connectivity index (χ2v) is 7.84. The molecule has 0 aliphatic carbocycles. The lowest BCUT2D eigenvalue weighted by atomic mass is 10.1. The summed E-state index contributed by atoms with van der Waals surface area (Å²) in [5.74, 6) is 1.24. The monoisotopic (exact) mass is 465 g/mol. The smallest absolute Gasteiger partial charge is 0.162 e. The number of anilines is 1. The lowest BCUT2D eigenvalue weighted by molar-refractivity contribution is 0.209. The Morgan fingerprint density at radius 1 is 1.30 bits per heavy atom. The molecule has 10 nitrogen and oxygen atoms in total. The van der Waals surface area contributed by atoms with Crippen molar-refractivity contribution in [3.63, 3.8) is 0 Å². The zero-order valence-electron chi connectivity index (χ0n) is 17.8. The van der Waals surface area contributed by atoms with E-state index in [1.54, 1.807) is 65.4 Å². The molecule has 1 unspecified atom stereocenters. The van der Waals surface area contributed by atoms with Gasteiger partial charge in [-0.25, -0.2) is 9.50 Å². The van der Waals surface area contributed by atoms with Gasteiger partial charge in [-0.05, 0) is 31.2 Å². The average molecular weight is 466 g/mol. The molecule has 0 radical (unpaired) electrons. The Hall–Kier alpha value is -3.89. The Morgan fingerprint density at radius 3 is 2.97 bits per heavy atom. The number of aliphatic hydroxyl groups is 1. The van der Waals surface area contributed by atoms with Crippen molar-refractivity contribution in [3.8, 4) is 17.0 Å². The van der Waals surface area contributed by atoms with E-state index in [1.807, 2.05) is 13.0 Å². The fourth-order valence-electron chi connectivity index (χ4n) is 3.59. The van der Waals surface area contributed by atoms with Crippen molar-refractivity contribution in [2.45, 2.75) is 19.7 Å². The summed E-state index contributed by atoms with van der Waals surface area (Å²) in [4.78, 5) is 4.31. The third kappa shape index (κ3) is 4.13. The molecule has 0 amide bonds. The first-order chi connectivity index (χ1) is 16.0. The van der Waals surface area contributed by atoms with Crippen LogP contribution in [-0.4, -0.2) is 41.8 Å². The van der Waals surface area contributed by atoms with Crippen LogP contribution in [0.2, 0.25) is 5.02 Å². The highest BCUT2D eigenvalue weighted by Gasteiger charge is 2.21. The minimum absolute atomic E-state index is 0.354. The van der Waals surface area contributed by atoms with Crippen molar-refractivity contribution >= 4 is 22.9 Å². The predicted molar refractivity (Wildman–Crippen MR) is 121 cm³/mol. The number of aliphatic hydroxyl groups excluding tert-OH is 1. The number of hydrogen-bond acceptors (Lipinski definition) is 8. The Kier molecular flexibility index (Phi) is 5.45.